The lowest BCUT2D eigenvalue weighted by atomic mass is 10.0. The van der Waals surface area contributed by atoms with Crippen molar-refractivity contribution in [3.8, 4) is 0 Å². The third kappa shape index (κ3) is 5.55. The minimum atomic E-state index is 0.450. The van der Waals surface area contributed by atoms with Crippen molar-refractivity contribution >= 4 is 15.9 Å². The van der Waals surface area contributed by atoms with Crippen molar-refractivity contribution in [1.82, 2.24) is 10.2 Å². The average molecular weight is 341 g/mol. The van der Waals surface area contributed by atoms with Gasteiger partial charge in [0.25, 0.3) is 0 Å². The molecule has 0 aliphatic rings. The monoisotopic (exact) mass is 340 g/mol. The third-order valence-corrected chi connectivity index (χ3v) is 4.58. The van der Waals surface area contributed by atoms with Crippen LogP contribution in [0.25, 0.3) is 0 Å². The van der Waals surface area contributed by atoms with Crippen molar-refractivity contribution in [3.05, 3.63) is 34.3 Å². The Morgan fingerprint density at radius 3 is 2.30 bits per heavy atom. The number of benzene rings is 1. The molecule has 0 spiro atoms. The molecule has 1 rings (SSSR count). The summed E-state index contributed by atoms with van der Waals surface area (Å²) >= 11 is 3.51. The molecule has 2 nitrogen and oxygen atoms in total. The number of hydrogen-bond acceptors (Lipinski definition) is 2. The Bertz CT molecular complexity index is 364. The lowest BCUT2D eigenvalue weighted by Gasteiger charge is -2.29. The van der Waals surface area contributed by atoms with Gasteiger partial charge in [0, 0.05) is 23.1 Å². The van der Waals surface area contributed by atoms with Crippen molar-refractivity contribution in [3.63, 3.8) is 0 Å². The molecule has 0 fully saturated rings. The standard InChI is InChI=1S/C17H29BrN2/c1-5-14(4)20(7-3)13-12-17(19-6-2)15-8-10-16(18)11-9-15/h8-11,14,17,19H,5-7,12-13H2,1-4H3. The molecule has 114 valence electrons. The summed E-state index contributed by atoms with van der Waals surface area (Å²) in [5, 5.41) is 3.61. The number of rotatable bonds is 9. The lowest BCUT2D eigenvalue weighted by Crippen LogP contribution is -2.35. The molecular formula is C17H29BrN2. The fourth-order valence-corrected chi connectivity index (χ4v) is 2.84. The summed E-state index contributed by atoms with van der Waals surface area (Å²) in [4.78, 5) is 2.57. The highest BCUT2D eigenvalue weighted by atomic mass is 79.9. The molecular weight excluding hydrogens is 312 g/mol. The molecule has 0 aliphatic carbocycles. The van der Waals surface area contributed by atoms with Crippen molar-refractivity contribution in [2.75, 3.05) is 19.6 Å². The Balaban J connectivity index is 2.65. The smallest absolute Gasteiger partial charge is 0.0332 e. The molecule has 0 saturated heterocycles. The molecule has 2 unspecified atom stereocenters. The van der Waals surface area contributed by atoms with Gasteiger partial charge < -0.3 is 10.2 Å². The Kier molecular flexibility index (Phi) is 8.43. The first-order valence-corrected chi connectivity index (χ1v) is 8.64. The second-order valence-electron chi connectivity index (χ2n) is 5.34. The van der Waals surface area contributed by atoms with E-state index in [0.29, 0.717) is 12.1 Å². The van der Waals surface area contributed by atoms with Crippen LogP contribution in [0.3, 0.4) is 0 Å². The summed E-state index contributed by atoms with van der Waals surface area (Å²) in [6.45, 7) is 12.3. The van der Waals surface area contributed by atoms with Crippen LogP contribution in [0.1, 0.15) is 52.1 Å². The van der Waals surface area contributed by atoms with Gasteiger partial charge in [0.2, 0.25) is 0 Å². The molecule has 1 aromatic carbocycles. The van der Waals surface area contributed by atoms with Crippen LogP contribution in [0.5, 0.6) is 0 Å². The van der Waals surface area contributed by atoms with Gasteiger partial charge in [0.15, 0.2) is 0 Å². The maximum Gasteiger partial charge on any atom is 0.0332 e. The van der Waals surface area contributed by atoms with Crippen molar-refractivity contribution in [2.45, 2.75) is 52.6 Å². The lowest BCUT2D eigenvalue weighted by molar-refractivity contribution is 0.203. The van der Waals surface area contributed by atoms with E-state index in [2.05, 4.69) is 78.1 Å². The van der Waals surface area contributed by atoms with E-state index in [1.165, 1.54) is 12.0 Å². The summed E-state index contributed by atoms with van der Waals surface area (Å²) < 4.78 is 1.14. The second-order valence-corrected chi connectivity index (χ2v) is 6.25. The summed E-state index contributed by atoms with van der Waals surface area (Å²) in [5.74, 6) is 0. The van der Waals surface area contributed by atoms with Gasteiger partial charge in [0.1, 0.15) is 0 Å². The highest BCUT2D eigenvalue weighted by Gasteiger charge is 2.14. The van der Waals surface area contributed by atoms with Gasteiger partial charge in [-0.1, -0.05) is 48.8 Å². The van der Waals surface area contributed by atoms with Crippen LogP contribution in [0.15, 0.2) is 28.7 Å². The quantitative estimate of drug-likeness (QED) is 0.706. The van der Waals surface area contributed by atoms with E-state index in [4.69, 9.17) is 0 Å². The van der Waals surface area contributed by atoms with E-state index < -0.39 is 0 Å². The first-order chi connectivity index (χ1) is 9.62. The van der Waals surface area contributed by atoms with Gasteiger partial charge in [0.05, 0.1) is 0 Å². The molecule has 0 aliphatic heterocycles. The van der Waals surface area contributed by atoms with Crippen LogP contribution < -0.4 is 5.32 Å². The molecule has 2 atom stereocenters. The zero-order chi connectivity index (χ0) is 15.0. The first kappa shape index (κ1) is 17.7. The Morgan fingerprint density at radius 2 is 1.80 bits per heavy atom. The van der Waals surface area contributed by atoms with E-state index in [1.54, 1.807) is 0 Å². The van der Waals surface area contributed by atoms with Gasteiger partial charge in [-0.25, -0.2) is 0 Å². The average Bonchev–Trinajstić information content (AvgIpc) is 2.47. The summed E-state index contributed by atoms with van der Waals surface area (Å²) in [7, 11) is 0. The highest BCUT2D eigenvalue weighted by molar-refractivity contribution is 9.10. The number of halogens is 1. The zero-order valence-electron chi connectivity index (χ0n) is 13.3. The predicted molar refractivity (Wildman–Crippen MR) is 92.2 cm³/mol. The Morgan fingerprint density at radius 1 is 1.15 bits per heavy atom. The number of nitrogens with one attached hydrogen (secondary N) is 1. The largest absolute Gasteiger partial charge is 0.310 e. The molecule has 3 heteroatoms. The molecule has 0 heterocycles. The predicted octanol–water partition coefficient (Wildman–Crippen LogP) is 4.61. The van der Waals surface area contributed by atoms with Crippen LogP contribution in [-0.2, 0) is 0 Å². The summed E-state index contributed by atoms with van der Waals surface area (Å²) in [5.41, 5.74) is 1.38. The van der Waals surface area contributed by atoms with E-state index >= 15 is 0 Å². The van der Waals surface area contributed by atoms with Crippen LogP contribution in [0.4, 0.5) is 0 Å². The first-order valence-electron chi connectivity index (χ1n) is 7.85. The van der Waals surface area contributed by atoms with E-state index in [0.717, 1.165) is 30.5 Å². The molecule has 0 radical (unpaired) electrons. The minimum Gasteiger partial charge on any atom is -0.310 e. The molecule has 0 saturated carbocycles. The van der Waals surface area contributed by atoms with Crippen molar-refractivity contribution < 1.29 is 0 Å². The topological polar surface area (TPSA) is 15.3 Å². The van der Waals surface area contributed by atoms with Crippen LogP contribution in [-0.4, -0.2) is 30.6 Å². The van der Waals surface area contributed by atoms with Gasteiger partial charge >= 0.3 is 0 Å². The number of hydrogen-bond donors (Lipinski definition) is 1. The SMILES string of the molecule is CCNC(CCN(CC)C(C)CC)c1ccc(Br)cc1. The molecule has 0 bridgehead atoms. The van der Waals surface area contributed by atoms with Crippen molar-refractivity contribution in [1.29, 1.82) is 0 Å². The van der Waals surface area contributed by atoms with Crippen LogP contribution >= 0.6 is 15.9 Å². The Hall–Kier alpha value is -0.380. The maximum absolute atomic E-state index is 3.61. The van der Waals surface area contributed by atoms with Crippen LogP contribution in [0.2, 0.25) is 0 Å². The second kappa shape index (κ2) is 9.54. The maximum atomic E-state index is 3.61. The molecule has 0 amide bonds. The Labute approximate surface area is 133 Å². The molecule has 1 N–H and O–H groups in total. The van der Waals surface area contributed by atoms with Gasteiger partial charge in [-0.2, -0.15) is 0 Å². The van der Waals surface area contributed by atoms with Crippen molar-refractivity contribution in [2.24, 2.45) is 0 Å². The van der Waals surface area contributed by atoms with E-state index in [-0.39, 0.29) is 0 Å². The zero-order valence-corrected chi connectivity index (χ0v) is 14.9. The fourth-order valence-electron chi connectivity index (χ4n) is 2.57. The van der Waals surface area contributed by atoms with E-state index in [9.17, 15) is 0 Å². The minimum absolute atomic E-state index is 0.450. The number of nitrogens with zero attached hydrogens (tertiary/aromatic N) is 1. The molecule has 0 aromatic heterocycles. The van der Waals surface area contributed by atoms with Gasteiger partial charge in [-0.3, -0.25) is 0 Å². The third-order valence-electron chi connectivity index (χ3n) is 4.05. The molecule has 1 aromatic rings. The fraction of sp³-hybridized carbons (Fsp3) is 0.647. The highest BCUT2D eigenvalue weighted by Crippen LogP contribution is 2.20. The summed E-state index contributed by atoms with van der Waals surface area (Å²) in [6, 6.07) is 9.82. The molecule has 20 heavy (non-hydrogen) atoms. The van der Waals surface area contributed by atoms with Gasteiger partial charge in [-0.05, 0) is 50.6 Å². The van der Waals surface area contributed by atoms with E-state index in [1.807, 2.05) is 0 Å². The summed E-state index contributed by atoms with van der Waals surface area (Å²) in [6.07, 6.45) is 2.38. The van der Waals surface area contributed by atoms with Crippen LogP contribution in [0, 0.1) is 0 Å². The normalized spacial score (nSPS) is 14.5. The van der Waals surface area contributed by atoms with Gasteiger partial charge in [-0.15, -0.1) is 0 Å².